The quantitative estimate of drug-likeness (QED) is 0.623. The molecule has 1 amide bonds. The lowest BCUT2D eigenvalue weighted by molar-refractivity contribution is -0.125. The summed E-state index contributed by atoms with van der Waals surface area (Å²) in [5, 5.41) is 0. The highest BCUT2D eigenvalue weighted by Crippen LogP contribution is 2.10. The zero-order valence-electron chi connectivity index (χ0n) is 7.86. The summed E-state index contributed by atoms with van der Waals surface area (Å²) in [6, 6.07) is 0. The third kappa shape index (κ3) is 2.19. The summed E-state index contributed by atoms with van der Waals surface area (Å²) >= 11 is 0. The first-order chi connectivity index (χ1) is 5.97. The normalized spacial score (nSPS) is 19.8. The summed E-state index contributed by atoms with van der Waals surface area (Å²) in [7, 11) is -1.60. The van der Waals surface area contributed by atoms with E-state index < -0.39 is 10.0 Å². The lowest BCUT2D eigenvalue weighted by Crippen LogP contribution is -2.32. The molecule has 76 valence electrons. The number of carbonyl (C=O) groups is 1. The second-order valence-electron chi connectivity index (χ2n) is 3.16. The topological polar surface area (TPSA) is 57.7 Å². The molecule has 0 unspecified atom stereocenters. The van der Waals surface area contributed by atoms with E-state index in [1.807, 2.05) is 0 Å². The number of nitrogens with zero attached hydrogens (tertiary/aromatic N) is 2. The smallest absolute Gasteiger partial charge is 0.238 e. The third-order valence-electron chi connectivity index (χ3n) is 1.96. The lowest BCUT2D eigenvalue weighted by Gasteiger charge is -2.14. The maximum atomic E-state index is 11.5. The van der Waals surface area contributed by atoms with E-state index in [2.05, 4.69) is 0 Å². The minimum absolute atomic E-state index is 0.00116. The van der Waals surface area contributed by atoms with Crippen LogP contribution >= 0.6 is 0 Å². The summed E-state index contributed by atoms with van der Waals surface area (Å²) in [6.45, 7) is 2.00. The first kappa shape index (κ1) is 10.5. The molecule has 13 heavy (non-hydrogen) atoms. The van der Waals surface area contributed by atoms with Crippen LogP contribution in [0.25, 0.3) is 0 Å². The van der Waals surface area contributed by atoms with E-state index in [0.717, 1.165) is 0 Å². The Balaban J connectivity index is 2.70. The number of amides is 1. The van der Waals surface area contributed by atoms with Crippen molar-refractivity contribution in [2.75, 3.05) is 26.0 Å². The molecule has 0 aromatic heterocycles. The Hall–Kier alpha value is -0.620. The number of carbonyl (C=O) groups excluding carboxylic acids is 1. The summed E-state index contributed by atoms with van der Waals surface area (Å²) in [4.78, 5) is 12.5. The lowest BCUT2D eigenvalue weighted by atomic mass is 10.6. The predicted octanol–water partition coefficient (Wildman–Crippen LogP) is -0.542. The molecule has 0 aromatic carbocycles. The second-order valence-corrected chi connectivity index (χ2v) is 5.25. The van der Waals surface area contributed by atoms with E-state index in [-0.39, 0.29) is 24.9 Å². The number of rotatable bonds is 3. The summed E-state index contributed by atoms with van der Waals surface area (Å²) < 4.78 is 24.2. The van der Waals surface area contributed by atoms with E-state index in [0.29, 0.717) is 6.42 Å². The average molecular weight is 206 g/mol. The van der Waals surface area contributed by atoms with Crippen LogP contribution in [0, 0.1) is 0 Å². The van der Waals surface area contributed by atoms with Crippen LogP contribution in [0.4, 0.5) is 0 Å². The van der Waals surface area contributed by atoms with Gasteiger partial charge in [0.25, 0.3) is 0 Å². The van der Waals surface area contributed by atoms with Crippen LogP contribution in [-0.4, -0.2) is 49.5 Å². The number of sulfonamides is 1. The molecule has 1 aliphatic rings. The monoisotopic (exact) mass is 206 g/mol. The van der Waals surface area contributed by atoms with E-state index >= 15 is 0 Å². The van der Waals surface area contributed by atoms with Gasteiger partial charge in [0.1, 0.15) is 0 Å². The Labute approximate surface area is 78.4 Å². The standard InChI is InChI=1S/C7H14N2O3S/c1-3-4-13(11,12)9-5-7(10)8(2)6-9/h3-6H2,1-2H3. The molecule has 0 radical (unpaired) electrons. The van der Waals surface area contributed by atoms with E-state index in [1.54, 1.807) is 14.0 Å². The Morgan fingerprint density at radius 1 is 1.46 bits per heavy atom. The van der Waals surface area contributed by atoms with Crippen LogP contribution in [0.3, 0.4) is 0 Å². The molecule has 0 spiro atoms. The molecule has 0 aromatic rings. The molecule has 1 fully saturated rings. The molecule has 5 nitrogen and oxygen atoms in total. The summed E-state index contributed by atoms with van der Waals surface area (Å²) in [6.07, 6.45) is 0.580. The fourth-order valence-corrected chi connectivity index (χ4v) is 2.64. The van der Waals surface area contributed by atoms with Crippen molar-refractivity contribution in [3.63, 3.8) is 0 Å². The molecular formula is C7H14N2O3S. The van der Waals surface area contributed by atoms with Crippen LogP contribution in [-0.2, 0) is 14.8 Å². The van der Waals surface area contributed by atoms with Gasteiger partial charge in [0.15, 0.2) is 0 Å². The Morgan fingerprint density at radius 2 is 2.08 bits per heavy atom. The van der Waals surface area contributed by atoms with Crippen molar-refractivity contribution >= 4 is 15.9 Å². The van der Waals surface area contributed by atoms with Crippen molar-refractivity contribution < 1.29 is 13.2 Å². The average Bonchev–Trinajstić information content (AvgIpc) is 2.33. The van der Waals surface area contributed by atoms with E-state index in [4.69, 9.17) is 0 Å². The Morgan fingerprint density at radius 3 is 2.46 bits per heavy atom. The molecule has 1 heterocycles. The molecule has 0 bridgehead atoms. The van der Waals surface area contributed by atoms with Gasteiger partial charge in [0, 0.05) is 7.05 Å². The van der Waals surface area contributed by atoms with Gasteiger partial charge in [-0.15, -0.1) is 0 Å². The SMILES string of the molecule is CCCS(=O)(=O)N1CC(=O)N(C)C1. The van der Waals surface area contributed by atoms with Crippen LogP contribution in [0.5, 0.6) is 0 Å². The molecule has 1 saturated heterocycles. The Bertz CT molecular complexity index is 299. The highest BCUT2D eigenvalue weighted by molar-refractivity contribution is 7.89. The zero-order valence-corrected chi connectivity index (χ0v) is 8.67. The van der Waals surface area contributed by atoms with Crippen molar-refractivity contribution in [3.05, 3.63) is 0 Å². The fraction of sp³-hybridized carbons (Fsp3) is 0.857. The molecule has 6 heteroatoms. The second kappa shape index (κ2) is 3.63. The highest BCUT2D eigenvalue weighted by Gasteiger charge is 2.32. The first-order valence-electron chi connectivity index (χ1n) is 4.19. The molecule has 1 aliphatic heterocycles. The van der Waals surface area contributed by atoms with Gasteiger partial charge >= 0.3 is 0 Å². The first-order valence-corrected chi connectivity index (χ1v) is 5.80. The fourth-order valence-electron chi connectivity index (χ4n) is 1.21. The van der Waals surface area contributed by atoms with E-state index in [1.165, 1.54) is 9.21 Å². The number of likely N-dealkylation sites (N-methyl/N-ethyl adjacent to an activating group) is 1. The summed E-state index contributed by atoms with van der Waals surface area (Å²) in [5.74, 6) is -0.0200. The predicted molar refractivity (Wildman–Crippen MR) is 48.4 cm³/mol. The minimum Gasteiger partial charge on any atom is -0.331 e. The van der Waals surface area contributed by atoms with Crippen LogP contribution in [0.2, 0.25) is 0 Å². The van der Waals surface area contributed by atoms with Gasteiger partial charge in [-0.25, -0.2) is 8.42 Å². The van der Waals surface area contributed by atoms with Crippen molar-refractivity contribution in [2.45, 2.75) is 13.3 Å². The highest BCUT2D eigenvalue weighted by atomic mass is 32.2. The van der Waals surface area contributed by atoms with Gasteiger partial charge in [0.05, 0.1) is 19.0 Å². The maximum absolute atomic E-state index is 11.5. The van der Waals surface area contributed by atoms with Gasteiger partial charge in [0.2, 0.25) is 15.9 Å². The Kier molecular flexibility index (Phi) is 2.92. The maximum Gasteiger partial charge on any atom is 0.238 e. The molecule has 0 saturated carbocycles. The van der Waals surface area contributed by atoms with Crippen molar-refractivity contribution in [3.8, 4) is 0 Å². The van der Waals surface area contributed by atoms with Crippen LogP contribution in [0.1, 0.15) is 13.3 Å². The summed E-state index contributed by atoms with van der Waals surface area (Å²) in [5.41, 5.74) is 0. The van der Waals surface area contributed by atoms with Gasteiger partial charge in [-0.3, -0.25) is 4.79 Å². The molecule has 0 N–H and O–H groups in total. The van der Waals surface area contributed by atoms with Gasteiger partial charge in [-0.2, -0.15) is 4.31 Å². The van der Waals surface area contributed by atoms with Crippen LogP contribution in [0.15, 0.2) is 0 Å². The molecular weight excluding hydrogens is 192 g/mol. The minimum atomic E-state index is -3.21. The number of hydrogen-bond donors (Lipinski definition) is 0. The van der Waals surface area contributed by atoms with Gasteiger partial charge < -0.3 is 4.90 Å². The van der Waals surface area contributed by atoms with Crippen molar-refractivity contribution in [1.29, 1.82) is 0 Å². The van der Waals surface area contributed by atoms with Crippen molar-refractivity contribution in [2.24, 2.45) is 0 Å². The zero-order chi connectivity index (χ0) is 10.1. The van der Waals surface area contributed by atoms with Crippen LogP contribution < -0.4 is 0 Å². The van der Waals surface area contributed by atoms with E-state index in [9.17, 15) is 13.2 Å². The van der Waals surface area contributed by atoms with Gasteiger partial charge in [-0.1, -0.05) is 6.92 Å². The largest absolute Gasteiger partial charge is 0.331 e. The number of hydrogen-bond acceptors (Lipinski definition) is 3. The van der Waals surface area contributed by atoms with Crippen molar-refractivity contribution in [1.82, 2.24) is 9.21 Å². The molecule has 1 rings (SSSR count). The molecule has 0 aliphatic carbocycles. The molecule has 0 atom stereocenters. The third-order valence-corrected chi connectivity index (χ3v) is 3.92. The van der Waals surface area contributed by atoms with Gasteiger partial charge in [-0.05, 0) is 6.42 Å².